The topological polar surface area (TPSA) is 50.3 Å². The summed E-state index contributed by atoms with van der Waals surface area (Å²) in [5.74, 6) is 0.992. The number of fused-ring (bicyclic) bond motifs is 3. The van der Waals surface area contributed by atoms with Gasteiger partial charge in [-0.15, -0.1) is 11.3 Å². The van der Waals surface area contributed by atoms with Crippen molar-refractivity contribution in [3.63, 3.8) is 0 Å². The van der Waals surface area contributed by atoms with Crippen molar-refractivity contribution in [3.8, 4) is 0 Å². The second kappa shape index (κ2) is 7.78. The van der Waals surface area contributed by atoms with Crippen molar-refractivity contribution >= 4 is 39.1 Å². The van der Waals surface area contributed by atoms with Crippen molar-refractivity contribution < 1.29 is 4.74 Å². The molecule has 0 spiro atoms. The number of thiophene rings is 1. The largest absolute Gasteiger partial charge is 0.369 e. The van der Waals surface area contributed by atoms with Crippen LogP contribution < -0.4 is 5.32 Å². The van der Waals surface area contributed by atoms with Crippen molar-refractivity contribution in [2.24, 2.45) is 0 Å². The minimum absolute atomic E-state index is 0.0820. The first-order valence-corrected chi connectivity index (χ1v) is 10.9. The predicted molar refractivity (Wildman–Crippen MR) is 108 cm³/mol. The molecule has 0 aliphatic carbocycles. The number of anilines is 1. The summed E-state index contributed by atoms with van der Waals surface area (Å²) in [5, 5.41) is 5.62. The van der Waals surface area contributed by atoms with Crippen LogP contribution in [0.5, 0.6) is 0 Å². The summed E-state index contributed by atoms with van der Waals surface area (Å²) in [6.45, 7) is 7.09. The van der Waals surface area contributed by atoms with E-state index in [0.29, 0.717) is 6.61 Å². The van der Waals surface area contributed by atoms with Gasteiger partial charge in [0.1, 0.15) is 10.6 Å². The van der Waals surface area contributed by atoms with Crippen molar-refractivity contribution in [1.82, 2.24) is 14.9 Å². The highest BCUT2D eigenvalue weighted by Gasteiger charge is 2.33. The summed E-state index contributed by atoms with van der Waals surface area (Å²) in [4.78, 5) is 14.1. The van der Waals surface area contributed by atoms with Crippen molar-refractivity contribution in [3.05, 3.63) is 10.4 Å². The first-order valence-electron chi connectivity index (χ1n) is 8.84. The molecule has 0 radical (unpaired) electrons. The van der Waals surface area contributed by atoms with Crippen LogP contribution in [0.1, 0.15) is 37.1 Å². The fraction of sp³-hybridized carbons (Fsp3) is 0.667. The quantitative estimate of drug-likeness (QED) is 0.445. The van der Waals surface area contributed by atoms with Crippen LogP contribution in [-0.4, -0.2) is 53.9 Å². The van der Waals surface area contributed by atoms with Crippen LogP contribution in [-0.2, 0) is 17.8 Å². The Kier molecular flexibility index (Phi) is 5.88. The molecule has 0 fully saturated rings. The highest BCUT2D eigenvalue weighted by atomic mass is 32.2. The molecule has 138 valence electrons. The number of hydrogen-bond donors (Lipinski definition) is 1. The van der Waals surface area contributed by atoms with E-state index in [1.54, 1.807) is 23.1 Å². The molecule has 0 unspecified atom stereocenters. The second-order valence-corrected chi connectivity index (χ2v) is 8.95. The highest BCUT2D eigenvalue weighted by Crippen LogP contribution is 2.42. The van der Waals surface area contributed by atoms with E-state index in [1.807, 2.05) is 6.26 Å². The SMILES string of the molecule is CC[C@]1(C)Cc2c(sc3nc(SC)nc(NCCCN(C)C)c23)CO1. The number of nitrogens with one attached hydrogen (secondary N) is 1. The van der Waals surface area contributed by atoms with Crippen LogP contribution in [0.25, 0.3) is 10.2 Å². The number of rotatable bonds is 7. The van der Waals surface area contributed by atoms with Crippen LogP contribution in [0.2, 0.25) is 0 Å². The minimum atomic E-state index is -0.0820. The van der Waals surface area contributed by atoms with Gasteiger partial charge in [-0.05, 0) is 52.2 Å². The molecule has 1 N–H and O–H groups in total. The van der Waals surface area contributed by atoms with E-state index in [1.165, 1.54) is 15.8 Å². The van der Waals surface area contributed by atoms with Gasteiger partial charge < -0.3 is 15.0 Å². The monoisotopic (exact) mass is 380 g/mol. The Balaban J connectivity index is 1.95. The minimum Gasteiger partial charge on any atom is -0.369 e. The highest BCUT2D eigenvalue weighted by molar-refractivity contribution is 7.98. The lowest BCUT2D eigenvalue weighted by Gasteiger charge is -2.33. The number of aromatic nitrogens is 2. The standard InChI is InChI=1S/C18H28N4OS2/c1-6-18(2)10-12-13(11-23-18)25-16-14(12)15(20-17(21-16)24-5)19-8-7-9-22(3)4/h6-11H2,1-5H3,(H,19,20,21)/t18-/m1/s1. The molecule has 1 atom stereocenters. The second-order valence-electron chi connectivity index (χ2n) is 7.10. The summed E-state index contributed by atoms with van der Waals surface area (Å²) >= 11 is 3.36. The summed E-state index contributed by atoms with van der Waals surface area (Å²) in [5.41, 5.74) is 1.31. The maximum Gasteiger partial charge on any atom is 0.190 e. The Morgan fingerprint density at radius 2 is 2.16 bits per heavy atom. The van der Waals surface area contributed by atoms with Gasteiger partial charge in [-0.2, -0.15) is 0 Å². The fourth-order valence-electron chi connectivity index (χ4n) is 3.10. The average Bonchev–Trinajstić information content (AvgIpc) is 2.95. The Labute approximate surface area is 158 Å². The third-order valence-electron chi connectivity index (χ3n) is 4.82. The van der Waals surface area contributed by atoms with Gasteiger partial charge in [0, 0.05) is 17.8 Å². The van der Waals surface area contributed by atoms with E-state index in [0.717, 1.165) is 48.2 Å². The summed E-state index contributed by atoms with van der Waals surface area (Å²) in [6.07, 6.45) is 5.07. The Morgan fingerprint density at radius 3 is 2.84 bits per heavy atom. The molecule has 25 heavy (non-hydrogen) atoms. The normalized spacial score (nSPS) is 20.2. The van der Waals surface area contributed by atoms with E-state index in [4.69, 9.17) is 14.7 Å². The molecule has 3 heterocycles. The van der Waals surface area contributed by atoms with Crippen molar-refractivity contribution in [2.75, 3.05) is 38.8 Å². The molecule has 3 rings (SSSR count). The van der Waals surface area contributed by atoms with Crippen LogP contribution in [0.15, 0.2) is 5.16 Å². The van der Waals surface area contributed by atoms with E-state index >= 15 is 0 Å². The lowest BCUT2D eigenvalue weighted by molar-refractivity contribution is -0.0542. The first kappa shape index (κ1) is 18.9. The lowest BCUT2D eigenvalue weighted by atomic mass is 9.90. The molecule has 0 saturated heterocycles. The molecule has 0 saturated carbocycles. The molecule has 5 nitrogen and oxygen atoms in total. The Hall–Kier alpha value is -0.890. The van der Waals surface area contributed by atoms with E-state index < -0.39 is 0 Å². The Bertz CT molecular complexity index is 746. The predicted octanol–water partition coefficient (Wildman–Crippen LogP) is 4.02. The summed E-state index contributed by atoms with van der Waals surface area (Å²) < 4.78 is 6.12. The third-order valence-corrected chi connectivity index (χ3v) is 6.47. The summed E-state index contributed by atoms with van der Waals surface area (Å²) in [6, 6.07) is 0. The maximum absolute atomic E-state index is 6.12. The maximum atomic E-state index is 6.12. The van der Waals surface area contributed by atoms with Gasteiger partial charge in [-0.25, -0.2) is 9.97 Å². The third kappa shape index (κ3) is 4.10. The number of hydrogen-bond acceptors (Lipinski definition) is 7. The molecule has 0 aromatic carbocycles. The van der Waals surface area contributed by atoms with Crippen LogP contribution in [0.3, 0.4) is 0 Å². The lowest BCUT2D eigenvalue weighted by Crippen LogP contribution is -2.34. The molecule has 1 aliphatic rings. The fourth-order valence-corrected chi connectivity index (χ4v) is 4.63. The van der Waals surface area contributed by atoms with E-state index in [2.05, 4.69) is 38.2 Å². The van der Waals surface area contributed by atoms with Crippen LogP contribution in [0.4, 0.5) is 5.82 Å². The molecule has 7 heteroatoms. The first-order chi connectivity index (χ1) is 12.0. The smallest absolute Gasteiger partial charge is 0.190 e. The van der Waals surface area contributed by atoms with Crippen LogP contribution >= 0.6 is 23.1 Å². The molecule has 2 aromatic heterocycles. The zero-order chi connectivity index (χ0) is 18.0. The number of thioether (sulfide) groups is 1. The molecule has 2 aromatic rings. The van der Waals surface area contributed by atoms with Gasteiger partial charge in [0.05, 0.1) is 17.6 Å². The Morgan fingerprint density at radius 1 is 1.36 bits per heavy atom. The van der Waals surface area contributed by atoms with Gasteiger partial charge in [-0.1, -0.05) is 18.7 Å². The van der Waals surface area contributed by atoms with Gasteiger partial charge in [0.2, 0.25) is 0 Å². The summed E-state index contributed by atoms with van der Waals surface area (Å²) in [7, 11) is 4.21. The molecule has 0 bridgehead atoms. The van der Waals surface area contributed by atoms with Gasteiger partial charge in [0.25, 0.3) is 0 Å². The van der Waals surface area contributed by atoms with E-state index in [-0.39, 0.29) is 5.60 Å². The van der Waals surface area contributed by atoms with Gasteiger partial charge in [0.15, 0.2) is 5.16 Å². The molecular weight excluding hydrogens is 352 g/mol. The zero-order valence-corrected chi connectivity index (χ0v) is 17.4. The molecule has 1 aliphatic heterocycles. The number of ether oxygens (including phenoxy) is 1. The van der Waals surface area contributed by atoms with Gasteiger partial charge in [-0.3, -0.25) is 0 Å². The molecular formula is C18H28N4OS2. The number of nitrogens with zero attached hydrogens (tertiary/aromatic N) is 3. The van der Waals surface area contributed by atoms with Gasteiger partial charge >= 0.3 is 0 Å². The zero-order valence-electron chi connectivity index (χ0n) is 15.8. The van der Waals surface area contributed by atoms with Crippen molar-refractivity contribution in [1.29, 1.82) is 0 Å². The van der Waals surface area contributed by atoms with Crippen LogP contribution in [0, 0.1) is 0 Å². The molecule has 0 amide bonds. The van der Waals surface area contributed by atoms with Crippen molar-refractivity contribution in [2.45, 2.75) is 50.5 Å². The van der Waals surface area contributed by atoms with E-state index in [9.17, 15) is 0 Å². The average molecular weight is 381 g/mol.